The second kappa shape index (κ2) is 8.34. The maximum Gasteiger partial charge on any atom is 0.527 e. The number of carboxylic acids is 1. The number of ether oxygens (including phenoxy) is 1. The summed E-state index contributed by atoms with van der Waals surface area (Å²) in [6.45, 7) is 1.54. The number of hydrogen-bond acceptors (Lipinski definition) is 4. The fourth-order valence-corrected chi connectivity index (χ4v) is 2.32. The van der Waals surface area contributed by atoms with E-state index in [9.17, 15) is 14.2 Å². The number of hydrogen-bond donors (Lipinski definition) is 2. The van der Waals surface area contributed by atoms with Crippen molar-refractivity contribution in [1.82, 2.24) is 4.90 Å². The van der Waals surface area contributed by atoms with Gasteiger partial charge in [0.2, 0.25) is 0 Å². The fourth-order valence-electron chi connectivity index (χ4n) is 1.74. The number of aliphatic carboxylic acids is 1. The van der Waals surface area contributed by atoms with Crippen molar-refractivity contribution in [2.45, 2.75) is 26.0 Å². The molecule has 0 bridgehead atoms. The minimum atomic E-state index is -2.69. The first-order valence-corrected chi connectivity index (χ1v) is 7.69. The molecule has 1 aromatic rings. The predicted molar refractivity (Wildman–Crippen MR) is 74.9 cm³/mol. The van der Waals surface area contributed by atoms with E-state index in [2.05, 4.69) is 0 Å². The largest absolute Gasteiger partial charge is 0.527 e. The summed E-state index contributed by atoms with van der Waals surface area (Å²) in [5.41, 5.74) is 0.738. The standard InChI is InChI=1S/C13H16NO6P/c1-2-11(12(15)16)14(9-21(18)19)13(17)20-8-10-6-4-3-5-7-10/h3-7,11H,2,8-9H2,1H3,(H-,15,16,18,19)/p+1. The highest BCUT2D eigenvalue weighted by Gasteiger charge is 2.35. The van der Waals surface area contributed by atoms with Gasteiger partial charge in [0.1, 0.15) is 12.6 Å². The highest BCUT2D eigenvalue weighted by atomic mass is 31.1. The Balaban J connectivity index is 2.75. The Bertz CT molecular complexity index is 507. The summed E-state index contributed by atoms with van der Waals surface area (Å²) in [5.74, 6) is -1.24. The first-order chi connectivity index (χ1) is 9.95. The van der Waals surface area contributed by atoms with Gasteiger partial charge in [-0.05, 0) is 16.5 Å². The van der Waals surface area contributed by atoms with E-state index in [4.69, 9.17) is 14.7 Å². The van der Waals surface area contributed by atoms with E-state index in [1.54, 1.807) is 31.2 Å². The number of rotatable bonds is 7. The number of nitrogens with zero attached hydrogens (tertiary/aromatic N) is 1. The molecular weight excluding hydrogens is 297 g/mol. The van der Waals surface area contributed by atoms with Crippen molar-refractivity contribution < 1.29 is 28.9 Å². The number of carboxylic acid groups (broad SMARTS) is 1. The van der Waals surface area contributed by atoms with Gasteiger partial charge in [0.05, 0.1) is 0 Å². The molecule has 0 aliphatic carbocycles. The lowest BCUT2D eigenvalue weighted by Gasteiger charge is -2.23. The highest BCUT2D eigenvalue weighted by molar-refractivity contribution is 7.37. The van der Waals surface area contributed by atoms with Gasteiger partial charge in [0.25, 0.3) is 6.29 Å². The van der Waals surface area contributed by atoms with Gasteiger partial charge >= 0.3 is 20.1 Å². The van der Waals surface area contributed by atoms with Crippen LogP contribution in [-0.4, -0.2) is 39.3 Å². The lowest BCUT2D eigenvalue weighted by molar-refractivity contribution is -0.142. The van der Waals surface area contributed by atoms with E-state index in [1.807, 2.05) is 6.07 Å². The Kier molecular flexibility index (Phi) is 6.78. The molecule has 0 aliphatic heterocycles. The zero-order chi connectivity index (χ0) is 15.8. The lowest BCUT2D eigenvalue weighted by atomic mass is 10.2. The van der Waals surface area contributed by atoms with Crippen molar-refractivity contribution in [3.63, 3.8) is 0 Å². The highest BCUT2D eigenvalue weighted by Crippen LogP contribution is 2.20. The summed E-state index contributed by atoms with van der Waals surface area (Å²) < 4.78 is 15.9. The van der Waals surface area contributed by atoms with Gasteiger partial charge in [0.15, 0.2) is 0 Å². The molecule has 7 nitrogen and oxygen atoms in total. The van der Waals surface area contributed by atoms with Crippen LogP contribution in [0.1, 0.15) is 18.9 Å². The maximum atomic E-state index is 12.0. The van der Waals surface area contributed by atoms with Crippen LogP contribution in [0.25, 0.3) is 0 Å². The quantitative estimate of drug-likeness (QED) is 0.748. The summed E-state index contributed by atoms with van der Waals surface area (Å²) >= 11 is 0. The Morgan fingerprint density at radius 2 is 1.95 bits per heavy atom. The van der Waals surface area contributed by atoms with Crippen molar-refractivity contribution in [1.29, 1.82) is 0 Å². The number of amides is 1. The number of carbonyl (C=O) groups excluding carboxylic acids is 1. The average Bonchev–Trinajstić information content (AvgIpc) is 2.45. The van der Waals surface area contributed by atoms with Crippen LogP contribution in [0.4, 0.5) is 4.79 Å². The third-order valence-corrected chi connectivity index (χ3v) is 3.31. The molecule has 1 amide bonds. The second-order valence-electron chi connectivity index (χ2n) is 4.27. The molecular formula is C13H17NO6P+. The molecule has 1 rings (SSSR count). The summed E-state index contributed by atoms with van der Waals surface area (Å²) in [7, 11) is -2.69. The summed E-state index contributed by atoms with van der Waals surface area (Å²) in [6.07, 6.45) is -1.39. The topological polar surface area (TPSA) is 104 Å². The minimum Gasteiger partial charge on any atom is -0.480 e. The van der Waals surface area contributed by atoms with Crippen LogP contribution in [0.2, 0.25) is 0 Å². The molecule has 2 unspecified atom stereocenters. The molecule has 0 aromatic heterocycles. The Hall–Kier alpha value is -1.98. The smallest absolute Gasteiger partial charge is 0.480 e. The monoisotopic (exact) mass is 314 g/mol. The molecule has 2 atom stereocenters. The zero-order valence-corrected chi connectivity index (χ0v) is 12.4. The molecule has 0 aliphatic rings. The van der Waals surface area contributed by atoms with Crippen LogP contribution in [0.5, 0.6) is 0 Å². The van der Waals surface area contributed by atoms with Crippen molar-refractivity contribution >= 4 is 20.1 Å². The van der Waals surface area contributed by atoms with E-state index >= 15 is 0 Å². The fraction of sp³-hybridized carbons (Fsp3) is 0.385. The van der Waals surface area contributed by atoms with Crippen LogP contribution >= 0.6 is 8.03 Å². The SMILES string of the molecule is CCC(C(=O)O)N(C[P+](=O)O)C(=O)OCc1ccccc1. The molecule has 0 fully saturated rings. The van der Waals surface area contributed by atoms with Crippen molar-refractivity contribution in [2.75, 3.05) is 6.29 Å². The number of benzene rings is 1. The predicted octanol–water partition coefficient (Wildman–Crippen LogP) is 2.18. The molecule has 0 spiro atoms. The van der Waals surface area contributed by atoms with Crippen LogP contribution < -0.4 is 0 Å². The van der Waals surface area contributed by atoms with Gasteiger partial charge in [-0.3, -0.25) is 0 Å². The minimum absolute atomic E-state index is 0.0333. The van der Waals surface area contributed by atoms with Gasteiger partial charge < -0.3 is 9.84 Å². The van der Waals surface area contributed by atoms with Gasteiger partial charge in [-0.15, -0.1) is 0 Å². The third kappa shape index (κ3) is 5.49. The summed E-state index contributed by atoms with van der Waals surface area (Å²) in [5, 5.41) is 9.06. The van der Waals surface area contributed by atoms with Crippen LogP contribution in [0, 0.1) is 0 Å². The van der Waals surface area contributed by atoms with Gasteiger partial charge in [0, 0.05) is 0 Å². The van der Waals surface area contributed by atoms with Crippen molar-refractivity contribution in [2.24, 2.45) is 0 Å². The van der Waals surface area contributed by atoms with Gasteiger partial charge in [-0.2, -0.15) is 4.89 Å². The molecule has 2 N–H and O–H groups in total. The molecule has 0 saturated heterocycles. The Labute approximate surface area is 123 Å². The number of carbonyl (C=O) groups is 2. The average molecular weight is 314 g/mol. The van der Waals surface area contributed by atoms with E-state index in [0.29, 0.717) is 0 Å². The molecule has 1 aromatic carbocycles. The first-order valence-electron chi connectivity index (χ1n) is 6.29. The van der Waals surface area contributed by atoms with E-state index in [-0.39, 0.29) is 13.0 Å². The maximum absolute atomic E-state index is 12.0. The summed E-state index contributed by atoms with van der Waals surface area (Å²) in [6, 6.07) is 7.66. The Morgan fingerprint density at radius 1 is 1.33 bits per heavy atom. The summed E-state index contributed by atoms with van der Waals surface area (Å²) in [4.78, 5) is 32.8. The van der Waals surface area contributed by atoms with Crippen molar-refractivity contribution in [3.05, 3.63) is 35.9 Å². The van der Waals surface area contributed by atoms with Crippen LogP contribution in [0.3, 0.4) is 0 Å². The van der Waals surface area contributed by atoms with Gasteiger partial charge in [-0.1, -0.05) is 37.3 Å². The van der Waals surface area contributed by atoms with E-state index in [0.717, 1.165) is 10.5 Å². The van der Waals surface area contributed by atoms with E-state index in [1.165, 1.54) is 0 Å². The van der Waals surface area contributed by atoms with Crippen LogP contribution in [0.15, 0.2) is 30.3 Å². The van der Waals surface area contributed by atoms with Gasteiger partial charge in [-0.25, -0.2) is 14.5 Å². The third-order valence-electron chi connectivity index (χ3n) is 2.76. The molecule has 8 heteroatoms. The molecule has 0 radical (unpaired) electrons. The lowest BCUT2D eigenvalue weighted by Crippen LogP contribution is -2.44. The molecule has 21 heavy (non-hydrogen) atoms. The normalized spacial score (nSPS) is 12.4. The van der Waals surface area contributed by atoms with Crippen molar-refractivity contribution in [3.8, 4) is 0 Å². The first kappa shape index (κ1) is 17.1. The Morgan fingerprint density at radius 3 is 2.43 bits per heavy atom. The van der Waals surface area contributed by atoms with E-state index < -0.39 is 32.4 Å². The zero-order valence-electron chi connectivity index (χ0n) is 11.5. The van der Waals surface area contributed by atoms with Crippen LogP contribution in [-0.2, 0) is 20.7 Å². The second-order valence-corrected chi connectivity index (χ2v) is 5.25. The molecule has 0 saturated carbocycles. The molecule has 114 valence electrons. The molecule has 0 heterocycles.